The number of nitrogens with one attached hydrogen (secondary N) is 3. The predicted octanol–water partition coefficient (Wildman–Crippen LogP) is 6.97. The summed E-state index contributed by atoms with van der Waals surface area (Å²) in [6.45, 7) is 10.5. The Balaban J connectivity index is 1.62. The SMILES string of the molecule is CCCCCCCCNC(=O)N1CCCC(Nc2cc(NC(=O)c3ccc(C(C)(C)C)cc3)ccc2C(=O)OC)C1. The van der Waals surface area contributed by atoms with E-state index >= 15 is 0 Å². The number of hydrogen-bond donors (Lipinski definition) is 3. The molecule has 0 radical (unpaired) electrons. The summed E-state index contributed by atoms with van der Waals surface area (Å²) in [5, 5.41) is 9.46. The van der Waals surface area contributed by atoms with E-state index in [9.17, 15) is 14.4 Å². The van der Waals surface area contributed by atoms with E-state index in [0.717, 1.165) is 31.2 Å². The van der Waals surface area contributed by atoms with Crippen LogP contribution in [0.3, 0.4) is 0 Å². The number of methoxy groups -OCH3 is 1. The Hall–Kier alpha value is -3.55. The van der Waals surface area contributed by atoms with Crippen LogP contribution in [0.25, 0.3) is 0 Å². The Morgan fingerprint density at radius 3 is 2.37 bits per heavy atom. The number of carbonyl (C=O) groups excluding carboxylic acids is 3. The summed E-state index contributed by atoms with van der Waals surface area (Å²) < 4.78 is 5.00. The van der Waals surface area contributed by atoms with Crippen LogP contribution in [0.2, 0.25) is 0 Å². The quantitative estimate of drug-likeness (QED) is 0.191. The minimum Gasteiger partial charge on any atom is -0.465 e. The van der Waals surface area contributed by atoms with Gasteiger partial charge in [-0.25, -0.2) is 9.59 Å². The number of ether oxygens (including phenoxy) is 1. The van der Waals surface area contributed by atoms with Gasteiger partial charge in [0, 0.05) is 36.9 Å². The number of piperidine rings is 1. The topological polar surface area (TPSA) is 99.8 Å². The molecule has 8 nitrogen and oxygen atoms in total. The van der Waals surface area contributed by atoms with Gasteiger partial charge in [-0.1, -0.05) is 71.9 Å². The zero-order valence-electron chi connectivity index (χ0n) is 25.5. The fourth-order valence-electron chi connectivity index (χ4n) is 5.07. The number of anilines is 2. The first kappa shape index (κ1) is 32.0. The fourth-order valence-corrected chi connectivity index (χ4v) is 5.07. The third kappa shape index (κ3) is 9.80. The van der Waals surface area contributed by atoms with Gasteiger partial charge in [0.15, 0.2) is 0 Å². The van der Waals surface area contributed by atoms with Gasteiger partial charge >= 0.3 is 12.0 Å². The Labute approximate surface area is 245 Å². The molecule has 1 aliphatic heterocycles. The summed E-state index contributed by atoms with van der Waals surface area (Å²) in [4.78, 5) is 40.1. The highest BCUT2D eigenvalue weighted by Gasteiger charge is 2.25. The molecule has 3 amide bonds. The lowest BCUT2D eigenvalue weighted by Crippen LogP contribution is -2.49. The average molecular weight is 565 g/mol. The molecule has 0 aromatic heterocycles. The maximum atomic E-state index is 13.0. The van der Waals surface area contributed by atoms with Gasteiger partial charge in [-0.2, -0.15) is 0 Å². The van der Waals surface area contributed by atoms with Crippen molar-refractivity contribution in [2.45, 2.75) is 90.5 Å². The molecule has 3 N–H and O–H groups in total. The highest BCUT2D eigenvalue weighted by molar-refractivity contribution is 6.05. The second kappa shape index (κ2) is 15.5. The molecule has 0 aliphatic carbocycles. The molecule has 1 aliphatic rings. The zero-order valence-corrected chi connectivity index (χ0v) is 25.5. The molecule has 3 rings (SSSR count). The van der Waals surface area contributed by atoms with E-state index in [2.05, 4.69) is 43.6 Å². The number of unbranched alkanes of at least 4 members (excludes halogenated alkanes) is 5. The third-order valence-electron chi connectivity index (χ3n) is 7.57. The van der Waals surface area contributed by atoms with Crippen molar-refractivity contribution in [3.8, 4) is 0 Å². The Morgan fingerprint density at radius 1 is 0.976 bits per heavy atom. The minimum absolute atomic E-state index is 0.00253. The van der Waals surface area contributed by atoms with Crippen molar-refractivity contribution < 1.29 is 19.1 Å². The van der Waals surface area contributed by atoms with Crippen LogP contribution in [0.5, 0.6) is 0 Å². The van der Waals surface area contributed by atoms with Crippen LogP contribution in [-0.2, 0) is 10.2 Å². The molecule has 0 saturated carbocycles. The number of likely N-dealkylation sites (tertiary alicyclic amines) is 1. The largest absolute Gasteiger partial charge is 0.465 e. The van der Waals surface area contributed by atoms with Crippen LogP contribution < -0.4 is 16.0 Å². The van der Waals surface area contributed by atoms with Crippen LogP contribution in [0.1, 0.15) is 105 Å². The van der Waals surface area contributed by atoms with E-state index in [1.54, 1.807) is 18.2 Å². The number of benzene rings is 2. The first-order valence-corrected chi connectivity index (χ1v) is 15.1. The van der Waals surface area contributed by atoms with Crippen molar-refractivity contribution in [3.63, 3.8) is 0 Å². The third-order valence-corrected chi connectivity index (χ3v) is 7.57. The van der Waals surface area contributed by atoms with Gasteiger partial charge in [0.25, 0.3) is 5.91 Å². The molecular weight excluding hydrogens is 516 g/mol. The predicted molar refractivity (Wildman–Crippen MR) is 166 cm³/mol. The van der Waals surface area contributed by atoms with Gasteiger partial charge in [0.2, 0.25) is 0 Å². The lowest BCUT2D eigenvalue weighted by atomic mass is 9.87. The number of esters is 1. The molecule has 1 atom stereocenters. The smallest absolute Gasteiger partial charge is 0.339 e. The number of amides is 3. The van der Waals surface area contributed by atoms with Gasteiger partial charge < -0.3 is 25.6 Å². The molecular formula is C33H48N4O4. The number of carbonyl (C=O) groups is 3. The summed E-state index contributed by atoms with van der Waals surface area (Å²) >= 11 is 0. The van der Waals surface area contributed by atoms with E-state index in [4.69, 9.17) is 4.74 Å². The molecule has 2 aromatic rings. The number of rotatable bonds is 12. The minimum atomic E-state index is -0.465. The Bertz CT molecular complexity index is 1160. The first-order chi connectivity index (χ1) is 19.6. The van der Waals surface area contributed by atoms with Crippen molar-refractivity contribution in [2.75, 3.05) is 37.4 Å². The van der Waals surface area contributed by atoms with Gasteiger partial charge in [-0.05, 0) is 60.6 Å². The lowest BCUT2D eigenvalue weighted by molar-refractivity contribution is 0.0601. The van der Waals surface area contributed by atoms with Crippen molar-refractivity contribution >= 4 is 29.3 Å². The number of urea groups is 1. The molecule has 0 spiro atoms. The summed E-state index contributed by atoms with van der Waals surface area (Å²) in [5.74, 6) is -0.694. The summed E-state index contributed by atoms with van der Waals surface area (Å²) in [6.07, 6.45) is 8.82. The van der Waals surface area contributed by atoms with Crippen LogP contribution in [0.15, 0.2) is 42.5 Å². The molecule has 2 aromatic carbocycles. The molecule has 1 saturated heterocycles. The molecule has 8 heteroatoms. The van der Waals surface area contributed by atoms with Crippen molar-refractivity contribution in [3.05, 3.63) is 59.2 Å². The summed E-state index contributed by atoms with van der Waals surface area (Å²) in [7, 11) is 1.35. The highest BCUT2D eigenvalue weighted by atomic mass is 16.5. The molecule has 1 unspecified atom stereocenters. The monoisotopic (exact) mass is 564 g/mol. The second-order valence-electron chi connectivity index (χ2n) is 12.0. The van der Waals surface area contributed by atoms with Gasteiger partial charge in [0.05, 0.1) is 18.4 Å². The van der Waals surface area contributed by atoms with Gasteiger partial charge in [-0.15, -0.1) is 0 Å². The zero-order chi connectivity index (χ0) is 29.8. The second-order valence-corrected chi connectivity index (χ2v) is 12.0. The summed E-state index contributed by atoms with van der Waals surface area (Å²) in [5.41, 5.74) is 3.22. The number of hydrogen-bond acceptors (Lipinski definition) is 5. The van der Waals surface area contributed by atoms with Crippen molar-refractivity contribution in [1.82, 2.24) is 10.2 Å². The van der Waals surface area contributed by atoms with Crippen molar-refractivity contribution in [2.24, 2.45) is 0 Å². The molecule has 1 fully saturated rings. The van der Waals surface area contributed by atoms with Crippen LogP contribution in [0, 0.1) is 0 Å². The molecule has 224 valence electrons. The maximum absolute atomic E-state index is 13.0. The first-order valence-electron chi connectivity index (χ1n) is 15.1. The lowest BCUT2D eigenvalue weighted by Gasteiger charge is -2.34. The Kier molecular flexibility index (Phi) is 12.0. The van der Waals surface area contributed by atoms with Gasteiger partial charge in [0.1, 0.15) is 0 Å². The molecule has 1 heterocycles. The Morgan fingerprint density at radius 2 is 1.68 bits per heavy atom. The molecule has 0 bridgehead atoms. The van der Waals surface area contributed by atoms with E-state index in [1.165, 1.54) is 32.8 Å². The maximum Gasteiger partial charge on any atom is 0.339 e. The van der Waals surface area contributed by atoms with Gasteiger partial charge in [-0.3, -0.25) is 4.79 Å². The highest BCUT2D eigenvalue weighted by Crippen LogP contribution is 2.26. The standard InChI is InChI=1S/C33H48N4O4/c1-6-7-8-9-10-11-20-34-32(40)37-21-12-13-27(23-37)35-29-22-26(18-19-28(29)31(39)41-5)36-30(38)24-14-16-25(17-15-24)33(2,3)4/h14-19,22,27,35H,6-13,20-21,23H2,1-5H3,(H,34,40)(H,36,38). The van der Waals surface area contributed by atoms with Crippen LogP contribution >= 0.6 is 0 Å². The van der Waals surface area contributed by atoms with Crippen LogP contribution in [0.4, 0.5) is 16.2 Å². The van der Waals surface area contributed by atoms with E-state index in [-0.39, 0.29) is 23.4 Å². The van der Waals surface area contributed by atoms with E-state index < -0.39 is 5.97 Å². The van der Waals surface area contributed by atoms with E-state index in [0.29, 0.717) is 42.1 Å². The molecule has 41 heavy (non-hydrogen) atoms. The normalized spacial score (nSPS) is 15.2. The van der Waals surface area contributed by atoms with Crippen molar-refractivity contribution in [1.29, 1.82) is 0 Å². The average Bonchev–Trinajstić information content (AvgIpc) is 2.96. The van der Waals surface area contributed by atoms with E-state index in [1.807, 2.05) is 29.2 Å². The fraction of sp³-hybridized carbons (Fsp3) is 0.545. The van der Waals surface area contributed by atoms with Crippen LogP contribution in [-0.4, -0.2) is 55.6 Å². The summed E-state index contributed by atoms with van der Waals surface area (Å²) in [6, 6.07) is 12.6. The number of nitrogens with zero attached hydrogens (tertiary/aromatic N) is 1.